The van der Waals surface area contributed by atoms with Crippen molar-refractivity contribution in [2.45, 2.75) is 83.4 Å². The second-order valence-corrected chi connectivity index (χ2v) is 18.9. The van der Waals surface area contributed by atoms with Gasteiger partial charge in [0.05, 0.1) is 40.1 Å². The van der Waals surface area contributed by atoms with Gasteiger partial charge in [0.25, 0.3) is 5.91 Å². The first-order chi connectivity index (χ1) is 28.8. The van der Waals surface area contributed by atoms with Crippen LogP contribution in [0.25, 0.3) is 23.0 Å². The lowest BCUT2D eigenvalue weighted by Gasteiger charge is -2.42. The third-order valence-electron chi connectivity index (χ3n) is 14.4. The zero-order chi connectivity index (χ0) is 42.0. The molecule has 1 amide bonds. The van der Waals surface area contributed by atoms with Gasteiger partial charge in [-0.15, -0.1) is 0 Å². The zero-order valence-electron chi connectivity index (χ0n) is 34.1. The molecule has 0 radical (unpaired) electrons. The number of methoxy groups -OCH3 is 1. The number of benzene rings is 2. The van der Waals surface area contributed by atoms with Gasteiger partial charge in [0.15, 0.2) is 5.82 Å². The van der Waals surface area contributed by atoms with Crippen molar-refractivity contribution < 1.29 is 28.9 Å². The van der Waals surface area contributed by atoms with E-state index in [1.165, 1.54) is 6.08 Å². The summed E-state index contributed by atoms with van der Waals surface area (Å²) >= 11 is 13.9. The number of nitrogens with one attached hydrogen (secondary N) is 1. The Balaban J connectivity index is 0.866. The van der Waals surface area contributed by atoms with Gasteiger partial charge in [-0.3, -0.25) is 24.4 Å². The Kier molecular flexibility index (Phi) is 10.8. The number of pyridine rings is 1. The Bertz CT molecular complexity index is 2390. The molecule has 11 nitrogen and oxygen atoms in total. The Morgan fingerprint density at radius 2 is 1.78 bits per heavy atom. The molecule has 5 aliphatic rings. The molecule has 0 atom stereocenters. The van der Waals surface area contributed by atoms with E-state index in [0.717, 1.165) is 107 Å². The van der Waals surface area contributed by atoms with Crippen LogP contribution in [-0.2, 0) is 31.4 Å². The molecule has 2 aromatic heterocycles. The highest BCUT2D eigenvalue weighted by Crippen LogP contribution is 2.63. The highest BCUT2D eigenvalue weighted by molar-refractivity contribution is 6.39. The van der Waals surface area contributed by atoms with Crippen molar-refractivity contribution in [1.82, 2.24) is 24.3 Å². The second-order valence-electron chi connectivity index (χ2n) is 18.2. The SMILES string of the molecule is COc1cc(/C(F)=C/c2cccc(-c3cccc(NC(=O)c4nc5c(n4C)CCN(CCC46CCC(C(=O)O)(CC4)C6)C5)c3Cl)c2Cl)ncc1CN1CCC2(CC(O)C2)C1. The van der Waals surface area contributed by atoms with Crippen LogP contribution < -0.4 is 10.1 Å². The van der Waals surface area contributed by atoms with E-state index in [9.17, 15) is 19.8 Å². The Morgan fingerprint density at radius 3 is 2.50 bits per heavy atom. The van der Waals surface area contributed by atoms with Gasteiger partial charge in [0.1, 0.15) is 17.3 Å². The molecule has 4 aromatic rings. The number of imidazole rings is 1. The summed E-state index contributed by atoms with van der Waals surface area (Å²) in [5, 5.41) is 23.2. The minimum absolute atomic E-state index is 0.120. The number of amides is 1. The number of aliphatic hydroxyl groups is 1. The maximum absolute atomic E-state index is 15.9. The molecule has 3 aliphatic carbocycles. The third kappa shape index (κ3) is 7.52. The summed E-state index contributed by atoms with van der Waals surface area (Å²) in [6.45, 7) is 4.87. The number of ether oxygens (including phenoxy) is 1. The molecule has 60 heavy (non-hydrogen) atoms. The third-order valence-corrected chi connectivity index (χ3v) is 15.3. The van der Waals surface area contributed by atoms with Gasteiger partial charge in [-0.1, -0.05) is 53.5 Å². The van der Waals surface area contributed by atoms with Crippen molar-refractivity contribution in [2.24, 2.45) is 23.3 Å². The Hall–Kier alpha value is -4.33. The summed E-state index contributed by atoms with van der Waals surface area (Å²) in [6.07, 6.45) is 11.7. The fraction of sp³-hybridized carbons (Fsp3) is 0.478. The fourth-order valence-electron chi connectivity index (χ4n) is 11.0. The molecule has 3 saturated carbocycles. The predicted molar refractivity (Wildman–Crippen MR) is 230 cm³/mol. The maximum Gasteiger partial charge on any atom is 0.309 e. The summed E-state index contributed by atoms with van der Waals surface area (Å²) in [6, 6.07) is 12.2. The molecule has 1 saturated heterocycles. The lowest BCUT2D eigenvalue weighted by atomic mass is 9.66. The molecular weight excluding hydrogens is 806 g/mol. The molecule has 4 heterocycles. The molecule has 2 bridgehead atoms. The van der Waals surface area contributed by atoms with E-state index in [0.29, 0.717) is 41.2 Å². The number of aliphatic hydroxyl groups excluding tert-OH is 1. The smallest absolute Gasteiger partial charge is 0.309 e. The number of aromatic nitrogens is 3. The Labute approximate surface area is 359 Å². The van der Waals surface area contributed by atoms with Crippen molar-refractivity contribution in [3.63, 3.8) is 0 Å². The standard InChI is InChI=1S/C46H51Cl2FN6O5/c1-53-37-9-16-54(17-14-44-10-12-46(26-44,13-11-44)43(58)59)25-36(37)51-41(53)42(57)52-34-8-4-7-32(40(34)48)31-6-3-5-28(39(31)47)19-33(49)35-20-38(60-2)29(23-50-35)24-55-18-15-45(27-55)21-30(56)22-45/h3-8,19-20,23,30,56H,9-18,21-22,24-27H2,1-2H3,(H,52,57)(H,58,59)/b33-19-. The number of carboxylic acids is 1. The van der Waals surface area contributed by atoms with E-state index < -0.39 is 17.2 Å². The summed E-state index contributed by atoms with van der Waals surface area (Å²) in [4.78, 5) is 39.7. The van der Waals surface area contributed by atoms with Gasteiger partial charge in [-0.2, -0.15) is 0 Å². The van der Waals surface area contributed by atoms with E-state index in [2.05, 4.69) is 20.1 Å². The first kappa shape index (κ1) is 41.0. The van der Waals surface area contributed by atoms with Crippen LogP contribution in [0.2, 0.25) is 10.0 Å². The number of likely N-dealkylation sites (tertiary alicyclic amines) is 1. The first-order valence-corrected chi connectivity index (χ1v) is 21.7. The monoisotopic (exact) mass is 856 g/mol. The van der Waals surface area contributed by atoms with Crippen LogP contribution in [0, 0.1) is 16.2 Å². The van der Waals surface area contributed by atoms with Crippen LogP contribution in [-0.4, -0.2) is 85.8 Å². The van der Waals surface area contributed by atoms with Crippen LogP contribution in [0.3, 0.4) is 0 Å². The normalized spacial score (nSPS) is 26.4. The topological polar surface area (TPSA) is 133 Å². The van der Waals surface area contributed by atoms with Crippen molar-refractivity contribution in [2.75, 3.05) is 38.6 Å². The molecule has 9 rings (SSSR count). The lowest BCUT2D eigenvalue weighted by Crippen LogP contribution is -2.42. The molecule has 2 aromatic carbocycles. The number of anilines is 1. The number of hydrogen-bond donors (Lipinski definition) is 3. The van der Waals surface area contributed by atoms with Gasteiger partial charge < -0.3 is 24.8 Å². The Morgan fingerprint density at radius 1 is 1.03 bits per heavy atom. The average molecular weight is 858 g/mol. The zero-order valence-corrected chi connectivity index (χ0v) is 35.6. The summed E-state index contributed by atoms with van der Waals surface area (Å²) in [5.41, 5.74) is 4.67. The van der Waals surface area contributed by atoms with Crippen LogP contribution in [0.1, 0.15) is 96.6 Å². The van der Waals surface area contributed by atoms with Crippen LogP contribution in [0.5, 0.6) is 5.75 Å². The van der Waals surface area contributed by atoms with Crippen molar-refractivity contribution >= 4 is 52.7 Å². The van der Waals surface area contributed by atoms with E-state index in [4.69, 9.17) is 32.9 Å². The first-order valence-electron chi connectivity index (χ1n) is 21.0. The van der Waals surface area contributed by atoms with Crippen LogP contribution in [0.4, 0.5) is 10.1 Å². The van der Waals surface area contributed by atoms with E-state index in [1.807, 2.05) is 11.6 Å². The van der Waals surface area contributed by atoms with Gasteiger partial charge >= 0.3 is 5.97 Å². The summed E-state index contributed by atoms with van der Waals surface area (Å²) < 4.78 is 23.4. The molecule has 4 fully saturated rings. The lowest BCUT2D eigenvalue weighted by molar-refractivity contribution is -0.148. The van der Waals surface area contributed by atoms with E-state index in [1.54, 1.807) is 55.8 Å². The number of fused-ring (bicyclic) bond motifs is 3. The molecule has 316 valence electrons. The quantitative estimate of drug-likeness (QED) is 0.128. The van der Waals surface area contributed by atoms with Gasteiger partial charge in [0.2, 0.25) is 0 Å². The fourth-order valence-corrected chi connectivity index (χ4v) is 11.6. The molecule has 3 N–H and O–H groups in total. The number of rotatable bonds is 12. The number of carbonyl (C=O) groups excluding carboxylic acids is 1. The highest BCUT2D eigenvalue weighted by Gasteiger charge is 2.58. The van der Waals surface area contributed by atoms with Gasteiger partial charge in [0, 0.05) is 74.3 Å². The van der Waals surface area contributed by atoms with Crippen LogP contribution in [0.15, 0.2) is 48.7 Å². The molecule has 1 spiro atoms. The van der Waals surface area contributed by atoms with Crippen molar-refractivity contribution in [3.05, 3.63) is 92.7 Å². The molecular formula is C46H51Cl2FN6O5. The average Bonchev–Trinajstić information content (AvgIpc) is 4.01. The minimum atomic E-state index is -0.633. The number of nitrogens with zero attached hydrogens (tertiary/aromatic N) is 5. The van der Waals surface area contributed by atoms with E-state index >= 15 is 4.39 Å². The minimum Gasteiger partial charge on any atom is -0.496 e. The maximum atomic E-state index is 15.9. The number of hydrogen-bond acceptors (Lipinski definition) is 8. The molecule has 14 heteroatoms. The number of carbonyl (C=O) groups is 2. The number of halogens is 3. The summed E-state index contributed by atoms with van der Waals surface area (Å²) in [7, 11) is 3.43. The van der Waals surface area contributed by atoms with Crippen molar-refractivity contribution in [1.29, 1.82) is 0 Å². The molecule has 2 aliphatic heterocycles. The largest absolute Gasteiger partial charge is 0.496 e. The highest BCUT2D eigenvalue weighted by atomic mass is 35.5. The van der Waals surface area contributed by atoms with Crippen molar-refractivity contribution in [3.8, 4) is 16.9 Å². The van der Waals surface area contributed by atoms with Crippen LogP contribution >= 0.6 is 23.2 Å². The van der Waals surface area contributed by atoms with Gasteiger partial charge in [-0.05, 0) is 99.4 Å². The summed E-state index contributed by atoms with van der Waals surface area (Å²) in [5.74, 6) is -0.761. The van der Waals surface area contributed by atoms with Gasteiger partial charge in [-0.25, -0.2) is 9.37 Å². The number of carboxylic acid groups (broad SMARTS) is 1. The second kappa shape index (κ2) is 15.9. The predicted octanol–water partition coefficient (Wildman–Crippen LogP) is 8.65. The van der Waals surface area contributed by atoms with E-state index in [-0.39, 0.29) is 44.4 Å². The number of aliphatic carboxylic acids is 1. The molecule has 0 unspecified atom stereocenters.